The molecule has 2 aromatic heterocycles. The average Bonchev–Trinajstić information content (AvgIpc) is 3.25. The number of fused-ring (bicyclic) bond motifs is 3. The van der Waals surface area contributed by atoms with Crippen LogP contribution in [0.2, 0.25) is 5.02 Å². The van der Waals surface area contributed by atoms with E-state index in [4.69, 9.17) is 21.6 Å². The van der Waals surface area contributed by atoms with E-state index >= 15 is 0 Å². The predicted octanol–water partition coefficient (Wildman–Crippen LogP) is 8.50. The Labute approximate surface area is 194 Å². The van der Waals surface area contributed by atoms with Crippen molar-refractivity contribution in [2.45, 2.75) is 0 Å². The summed E-state index contributed by atoms with van der Waals surface area (Å²) in [4.78, 5) is 9.80. The molecule has 6 aromatic rings. The molecule has 0 aliphatic rings. The lowest BCUT2D eigenvalue weighted by Gasteiger charge is -2.11. The molecule has 4 aromatic carbocycles. The van der Waals surface area contributed by atoms with Gasteiger partial charge in [0.25, 0.3) is 0 Å². The van der Waals surface area contributed by atoms with Crippen LogP contribution >= 0.6 is 22.9 Å². The topological polar surface area (TPSA) is 25.8 Å². The predicted molar refractivity (Wildman–Crippen MR) is 136 cm³/mol. The molecule has 0 saturated heterocycles. The first-order valence-electron chi connectivity index (χ1n) is 10.4. The van der Waals surface area contributed by atoms with Crippen LogP contribution in [0.5, 0.6) is 0 Å². The quantitative estimate of drug-likeness (QED) is 0.271. The fourth-order valence-electron chi connectivity index (χ4n) is 4.01. The lowest BCUT2D eigenvalue weighted by Crippen LogP contribution is -1.96. The number of nitrogens with zero attached hydrogens (tertiary/aromatic N) is 2. The molecule has 0 unspecified atom stereocenters. The highest BCUT2D eigenvalue weighted by Gasteiger charge is 2.16. The molecule has 0 N–H and O–H groups in total. The molecule has 0 aliphatic carbocycles. The van der Waals surface area contributed by atoms with Crippen LogP contribution in [0.3, 0.4) is 0 Å². The van der Waals surface area contributed by atoms with Crippen molar-refractivity contribution in [3.63, 3.8) is 0 Å². The third-order valence-electron chi connectivity index (χ3n) is 5.59. The lowest BCUT2D eigenvalue weighted by atomic mass is 10.0. The number of thiophene rings is 1. The summed E-state index contributed by atoms with van der Waals surface area (Å²) in [5.41, 5.74) is 4.64. The van der Waals surface area contributed by atoms with Gasteiger partial charge < -0.3 is 0 Å². The zero-order valence-electron chi connectivity index (χ0n) is 17.0. The second-order valence-corrected chi connectivity index (χ2v) is 9.03. The van der Waals surface area contributed by atoms with Crippen LogP contribution in [-0.2, 0) is 0 Å². The number of halogens is 1. The molecule has 2 heterocycles. The summed E-state index contributed by atoms with van der Waals surface area (Å²) >= 11 is 8.72. The minimum Gasteiger partial charge on any atom is -0.228 e. The van der Waals surface area contributed by atoms with Crippen LogP contribution in [0.1, 0.15) is 0 Å². The van der Waals surface area contributed by atoms with Crippen LogP contribution in [0.15, 0.2) is 103 Å². The molecule has 0 radical (unpaired) electrons. The van der Waals surface area contributed by atoms with Crippen molar-refractivity contribution in [2.75, 3.05) is 0 Å². The largest absolute Gasteiger partial charge is 0.228 e. The van der Waals surface area contributed by atoms with Gasteiger partial charge in [0.05, 0.1) is 21.1 Å². The Kier molecular flexibility index (Phi) is 4.71. The monoisotopic (exact) mass is 448 g/mol. The van der Waals surface area contributed by atoms with E-state index in [0.717, 1.165) is 37.8 Å². The first-order valence-corrected chi connectivity index (χ1v) is 11.6. The summed E-state index contributed by atoms with van der Waals surface area (Å²) in [6.45, 7) is 0. The van der Waals surface area contributed by atoms with Gasteiger partial charge in [0.15, 0.2) is 5.82 Å². The number of benzene rings is 4. The van der Waals surface area contributed by atoms with Crippen LogP contribution in [0.25, 0.3) is 54.1 Å². The second kappa shape index (κ2) is 7.86. The van der Waals surface area contributed by atoms with Crippen LogP contribution in [0.4, 0.5) is 0 Å². The Morgan fingerprint density at radius 1 is 0.594 bits per heavy atom. The normalized spacial score (nSPS) is 11.3. The minimum absolute atomic E-state index is 0.689. The zero-order chi connectivity index (χ0) is 21.5. The smallest absolute Gasteiger partial charge is 0.160 e. The summed E-state index contributed by atoms with van der Waals surface area (Å²) in [6.07, 6.45) is 0. The Hall–Kier alpha value is -3.53. The maximum absolute atomic E-state index is 6.99. The highest BCUT2D eigenvalue weighted by Crippen LogP contribution is 2.42. The summed E-state index contributed by atoms with van der Waals surface area (Å²) in [7, 11) is 0. The van der Waals surface area contributed by atoms with Crippen LogP contribution in [-0.4, -0.2) is 9.97 Å². The molecule has 0 atom stereocenters. The highest BCUT2D eigenvalue weighted by molar-refractivity contribution is 7.26. The van der Waals surface area contributed by atoms with Gasteiger partial charge >= 0.3 is 0 Å². The Morgan fingerprint density at radius 2 is 1.25 bits per heavy atom. The van der Waals surface area contributed by atoms with E-state index in [-0.39, 0.29) is 0 Å². The van der Waals surface area contributed by atoms with Gasteiger partial charge in [-0.1, -0.05) is 103 Å². The van der Waals surface area contributed by atoms with Crippen LogP contribution < -0.4 is 0 Å². The molecular formula is C28H17ClN2S. The van der Waals surface area contributed by atoms with Crippen molar-refractivity contribution in [1.29, 1.82) is 0 Å². The molecule has 4 heteroatoms. The molecule has 6 rings (SSSR count). The summed E-state index contributed by atoms with van der Waals surface area (Å²) in [5.74, 6) is 0.689. The fourth-order valence-corrected chi connectivity index (χ4v) is 5.53. The third-order valence-corrected chi connectivity index (χ3v) is 7.30. The molecule has 0 spiro atoms. The molecular weight excluding hydrogens is 432 g/mol. The summed E-state index contributed by atoms with van der Waals surface area (Å²) < 4.78 is 2.32. The maximum atomic E-state index is 6.99. The van der Waals surface area contributed by atoms with E-state index in [1.165, 1.54) is 15.5 Å². The standard InChI is InChI=1S/C28H17ClN2S/c29-26-22(16-15-21-20-13-7-8-14-25(20)32-27(21)26)24-17-23(18-9-3-1-4-10-18)30-28(31-24)19-11-5-2-6-12-19/h1-17H. The van der Waals surface area contributed by atoms with Crippen molar-refractivity contribution in [3.8, 4) is 33.9 Å². The van der Waals surface area contributed by atoms with E-state index in [1.54, 1.807) is 11.3 Å². The van der Waals surface area contributed by atoms with Gasteiger partial charge in [-0.3, -0.25) is 0 Å². The van der Waals surface area contributed by atoms with Crippen molar-refractivity contribution in [1.82, 2.24) is 9.97 Å². The van der Waals surface area contributed by atoms with Gasteiger partial charge in [-0.15, -0.1) is 11.3 Å². The van der Waals surface area contributed by atoms with Crippen LogP contribution in [0, 0.1) is 0 Å². The Morgan fingerprint density at radius 3 is 2.03 bits per heavy atom. The molecule has 0 bridgehead atoms. The van der Waals surface area contributed by atoms with Crippen molar-refractivity contribution >= 4 is 43.1 Å². The third kappa shape index (κ3) is 3.27. The number of rotatable bonds is 3. The first kappa shape index (κ1) is 19.2. The molecule has 0 saturated carbocycles. The Bertz CT molecular complexity index is 1520. The molecule has 32 heavy (non-hydrogen) atoms. The van der Waals surface area contributed by atoms with Gasteiger partial charge in [-0.2, -0.15) is 0 Å². The molecule has 0 aliphatic heterocycles. The first-order chi connectivity index (χ1) is 15.8. The zero-order valence-corrected chi connectivity index (χ0v) is 18.6. The second-order valence-electron chi connectivity index (χ2n) is 7.60. The average molecular weight is 449 g/mol. The summed E-state index contributed by atoms with van der Waals surface area (Å²) in [6, 6.07) is 34.9. The minimum atomic E-state index is 0.689. The SMILES string of the molecule is Clc1c(-c2cc(-c3ccccc3)nc(-c3ccccc3)n2)ccc2c1sc1ccccc12. The van der Waals surface area contributed by atoms with Gasteiger partial charge in [-0.05, 0) is 12.1 Å². The lowest BCUT2D eigenvalue weighted by molar-refractivity contribution is 1.18. The fraction of sp³-hybridized carbons (Fsp3) is 0. The molecule has 2 nitrogen and oxygen atoms in total. The van der Waals surface area contributed by atoms with Gasteiger partial charge in [0.1, 0.15) is 0 Å². The van der Waals surface area contributed by atoms with E-state index in [2.05, 4.69) is 48.5 Å². The number of aromatic nitrogens is 2. The van der Waals surface area contributed by atoms with Gasteiger partial charge in [0, 0.05) is 32.2 Å². The number of hydrogen-bond donors (Lipinski definition) is 0. The highest BCUT2D eigenvalue weighted by atomic mass is 35.5. The van der Waals surface area contributed by atoms with E-state index < -0.39 is 0 Å². The van der Waals surface area contributed by atoms with E-state index in [0.29, 0.717) is 5.82 Å². The Balaban J connectivity index is 1.60. The maximum Gasteiger partial charge on any atom is 0.160 e. The van der Waals surface area contributed by atoms with Gasteiger partial charge in [0.2, 0.25) is 0 Å². The van der Waals surface area contributed by atoms with Crippen molar-refractivity contribution < 1.29 is 0 Å². The summed E-state index contributed by atoms with van der Waals surface area (Å²) in [5, 5.41) is 3.15. The van der Waals surface area contributed by atoms with Crippen molar-refractivity contribution in [2.24, 2.45) is 0 Å². The molecule has 0 fully saturated rings. The van der Waals surface area contributed by atoms with E-state index in [1.807, 2.05) is 54.6 Å². The van der Waals surface area contributed by atoms with Gasteiger partial charge in [-0.25, -0.2) is 9.97 Å². The van der Waals surface area contributed by atoms with Crippen molar-refractivity contribution in [3.05, 3.63) is 108 Å². The number of hydrogen-bond acceptors (Lipinski definition) is 3. The van der Waals surface area contributed by atoms with E-state index in [9.17, 15) is 0 Å². The molecule has 152 valence electrons. The molecule has 0 amide bonds.